The van der Waals surface area contributed by atoms with Crippen LogP contribution in [-0.2, 0) is 19.1 Å². The smallest absolute Gasteiger partial charge is 0.309 e. The Balaban J connectivity index is 1.27. The minimum absolute atomic E-state index is 0.0150. The number of hydrogen-bond acceptors (Lipinski definition) is 10. The van der Waals surface area contributed by atoms with Crippen LogP contribution in [0.4, 0.5) is 0 Å². The fourth-order valence-corrected chi connectivity index (χ4v) is 11.9. The molecule has 2 unspecified atom stereocenters. The highest BCUT2D eigenvalue weighted by atomic mass is 35.5. The molecule has 4 aliphatic carbocycles. The lowest BCUT2D eigenvalue weighted by Crippen LogP contribution is -2.69. The van der Waals surface area contributed by atoms with E-state index in [-0.39, 0.29) is 42.9 Å². The van der Waals surface area contributed by atoms with Gasteiger partial charge in [0.05, 0.1) is 29.1 Å². The maximum Gasteiger partial charge on any atom is 0.309 e. The van der Waals surface area contributed by atoms with Crippen molar-refractivity contribution in [2.24, 2.45) is 40.4 Å². The molecule has 306 valence electrons. The van der Waals surface area contributed by atoms with Crippen LogP contribution < -0.4 is 5.32 Å². The highest BCUT2D eigenvalue weighted by molar-refractivity contribution is 6.26. The van der Waals surface area contributed by atoms with Crippen LogP contribution in [-0.4, -0.2) is 115 Å². The van der Waals surface area contributed by atoms with Gasteiger partial charge in [-0.2, -0.15) is 0 Å². The molecule has 0 bridgehead atoms. The number of esters is 1. The molecule has 5 aliphatic rings. The summed E-state index contributed by atoms with van der Waals surface area (Å²) in [7, 11) is 0. The second-order valence-corrected chi connectivity index (χ2v) is 18.8. The van der Waals surface area contributed by atoms with Crippen molar-refractivity contribution in [2.45, 2.75) is 160 Å². The average Bonchev–Trinajstić information content (AvgIpc) is 3.32. The van der Waals surface area contributed by atoms with Gasteiger partial charge in [-0.1, -0.05) is 59.3 Å². The molecule has 5 rings (SSSR count). The first kappa shape index (κ1) is 43.3. The molecule has 12 heteroatoms. The van der Waals surface area contributed by atoms with Gasteiger partial charge in [0.25, 0.3) is 5.91 Å². The van der Waals surface area contributed by atoms with E-state index in [0.29, 0.717) is 64.5 Å². The molecule has 3 fully saturated rings. The molecular weight excluding hydrogens is 712 g/mol. The summed E-state index contributed by atoms with van der Waals surface area (Å²) >= 11 is 7.56. The molecule has 0 aromatic heterocycles. The zero-order valence-electron chi connectivity index (χ0n) is 33.5. The van der Waals surface area contributed by atoms with Crippen molar-refractivity contribution in [1.29, 1.82) is 0 Å². The number of rotatable bonds is 6. The van der Waals surface area contributed by atoms with Crippen LogP contribution in [0.5, 0.6) is 0 Å². The third-order valence-corrected chi connectivity index (χ3v) is 15.7. The highest BCUT2D eigenvalue weighted by Gasteiger charge is 2.74. The van der Waals surface area contributed by atoms with Crippen molar-refractivity contribution in [2.75, 3.05) is 19.6 Å². The molecule has 1 saturated heterocycles. The lowest BCUT2D eigenvalue weighted by Gasteiger charge is -2.63. The van der Waals surface area contributed by atoms with E-state index < -0.39 is 81.6 Å². The molecule has 1 heterocycles. The summed E-state index contributed by atoms with van der Waals surface area (Å²) in [6.07, 6.45) is 5.21. The summed E-state index contributed by atoms with van der Waals surface area (Å²) in [5.41, 5.74) is -2.51. The summed E-state index contributed by atoms with van der Waals surface area (Å²) < 4.78 is 5.70. The maximum absolute atomic E-state index is 14.2. The molecule has 11 nitrogen and oxygen atoms in total. The quantitative estimate of drug-likeness (QED) is 0.0999. The Morgan fingerprint density at radius 1 is 1.04 bits per heavy atom. The van der Waals surface area contributed by atoms with Gasteiger partial charge in [-0.25, -0.2) is 0 Å². The first-order valence-corrected chi connectivity index (χ1v) is 20.9. The van der Waals surface area contributed by atoms with Gasteiger partial charge in [-0.3, -0.25) is 19.3 Å². The van der Waals surface area contributed by atoms with Gasteiger partial charge >= 0.3 is 5.97 Å². The monoisotopic (exact) mass is 778 g/mol. The number of amides is 1. The molecular formula is C42H67ClN2O9. The number of carbonyl (C=O) groups excluding carboxylic acids is 3. The van der Waals surface area contributed by atoms with Crippen molar-refractivity contribution < 1.29 is 44.7 Å². The lowest BCUT2D eigenvalue weighted by atomic mass is 9.46. The minimum atomic E-state index is -1.76. The molecule has 1 amide bonds. The van der Waals surface area contributed by atoms with Gasteiger partial charge in [-0.05, 0) is 101 Å². The maximum atomic E-state index is 14.2. The normalized spacial score (nSPS) is 46.6. The first-order chi connectivity index (χ1) is 25.3. The number of aliphatic hydroxyl groups is 5. The summed E-state index contributed by atoms with van der Waals surface area (Å²) in [5, 5.41) is 60.7. The topological polar surface area (TPSA) is 177 Å². The number of ketones is 1. The van der Waals surface area contributed by atoms with Gasteiger partial charge in [0.1, 0.15) is 12.2 Å². The Morgan fingerprint density at radius 3 is 2.43 bits per heavy atom. The highest BCUT2D eigenvalue weighted by Crippen LogP contribution is 2.70. The fraction of sp³-hybridized carbons (Fsp3) is 0.833. The Labute approximate surface area is 326 Å². The number of fused-ring (bicyclic) bond motifs is 5. The summed E-state index contributed by atoms with van der Waals surface area (Å²) in [5.74, 6) is -1.96. The number of cyclic esters (lactones) is 1. The Kier molecular flexibility index (Phi) is 13.3. The Bertz CT molecular complexity index is 1460. The molecule has 0 radical (unpaired) electrons. The van der Waals surface area contributed by atoms with E-state index in [2.05, 4.69) is 11.4 Å². The SMILES string of the molecule is CC[C@H]1OC(=O)[C@H](C)C[C@H](C)C[C@H](O)CCCN(CCCNC(=O)[C@@]2(O)[C@@H](C)CC3C4CC=C5CC(=O)C=C[C@]5(C)[C@@]4(Cl)[C@@H](O)C[C@@]32C)[C@H](C)[C@@H](O)[C@@H]1O. The standard InChI is InChI=1S/C42H67ClN2O9/c1-8-33-36(50)35(49)27(5)45(17-9-11-29(46)20-24(2)19-25(3)37(51)54-33)18-10-16-44-38(52)42(53)26(4)21-32-31-13-12-28-22-30(47)14-15-39(28,6)41(31,43)34(48)23-40(32,42)7/h12,14-15,24-27,29,31-36,46,48-50,53H,8-11,13,16-23H2,1-7H3,(H,44,52)/t24-,25+,26-,27+,29+,31?,32?,33+,34-,35+,36+,39-,40-,41-,42-/m0/s1. The lowest BCUT2D eigenvalue weighted by molar-refractivity contribution is -0.178. The van der Waals surface area contributed by atoms with E-state index in [0.717, 1.165) is 5.57 Å². The average molecular weight is 779 g/mol. The third kappa shape index (κ3) is 7.49. The summed E-state index contributed by atoms with van der Waals surface area (Å²) in [6.45, 7) is 14.5. The fourth-order valence-electron chi connectivity index (χ4n) is 11.4. The predicted octanol–water partition coefficient (Wildman–Crippen LogP) is 4.05. The van der Waals surface area contributed by atoms with E-state index in [1.807, 2.05) is 45.6 Å². The van der Waals surface area contributed by atoms with Crippen molar-refractivity contribution in [3.05, 3.63) is 23.8 Å². The van der Waals surface area contributed by atoms with Crippen LogP contribution in [0.3, 0.4) is 0 Å². The molecule has 2 saturated carbocycles. The number of ether oxygens (including phenoxy) is 1. The van der Waals surface area contributed by atoms with E-state index >= 15 is 0 Å². The molecule has 54 heavy (non-hydrogen) atoms. The zero-order valence-corrected chi connectivity index (χ0v) is 34.2. The largest absolute Gasteiger partial charge is 0.459 e. The summed E-state index contributed by atoms with van der Waals surface area (Å²) in [6, 6.07) is -0.524. The number of allylic oxidation sites excluding steroid dienone is 4. The number of hydrogen-bond donors (Lipinski definition) is 6. The molecule has 0 aromatic carbocycles. The molecule has 15 atom stereocenters. The van der Waals surface area contributed by atoms with Crippen molar-refractivity contribution >= 4 is 29.3 Å². The number of aliphatic hydroxyl groups excluding tert-OH is 4. The van der Waals surface area contributed by atoms with Crippen LogP contribution in [0.15, 0.2) is 23.8 Å². The number of alkyl halides is 1. The van der Waals surface area contributed by atoms with Gasteiger partial charge < -0.3 is 35.6 Å². The molecule has 1 aliphatic heterocycles. The molecule has 0 spiro atoms. The summed E-state index contributed by atoms with van der Waals surface area (Å²) in [4.78, 5) is 40.3. The van der Waals surface area contributed by atoms with E-state index in [1.165, 1.54) is 0 Å². The third-order valence-electron chi connectivity index (χ3n) is 14.7. The van der Waals surface area contributed by atoms with Gasteiger partial charge in [0.15, 0.2) is 11.4 Å². The number of nitrogens with zero attached hydrogens (tertiary/aromatic N) is 1. The zero-order chi connectivity index (χ0) is 40.0. The van der Waals surface area contributed by atoms with Crippen molar-refractivity contribution in [3.8, 4) is 0 Å². The first-order valence-electron chi connectivity index (χ1n) is 20.5. The van der Waals surface area contributed by atoms with Crippen molar-refractivity contribution in [1.82, 2.24) is 10.2 Å². The Hall–Kier alpha value is -1.86. The number of carbonyl (C=O) groups is 3. The van der Waals surface area contributed by atoms with Crippen LogP contribution in [0.25, 0.3) is 0 Å². The second-order valence-electron chi connectivity index (χ2n) is 18.2. The van der Waals surface area contributed by atoms with Gasteiger partial charge in [0, 0.05) is 36.4 Å². The van der Waals surface area contributed by atoms with Crippen molar-refractivity contribution in [3.63, 3.8) is 0 Å². The van der Waals surface area contributed by atoms with E-state index in [1.54, 1.807) is 19.9 Å². The van der Waals surface area contributed by atoms with Crippen LogP contribution in [0.1, 0.15) is 113 Å². The van der Waals surface area contributed by atoms with Crippen LogP contribution >= 0.6 is 11.6 Å². The molecule has 0 aromatic rings. The van der Waals surface area contributed by atoms with Gasteiger partial charge in [-0.15, -0.1) is 11.6 Å². The van der Waals surface area contributed by atoms with E-state index in [4.69, 9.17) is 16.3 Å². The molecule has 6 N–H and O–H groups in total. The Morgan fingerprint density at radius 2 is 1.74 bits per heavy atom. The second kappa shape index (κ2) is 16.5. The van der Waals surface area contributed by atoms with Crippen LogP contribution in [0, 0.1) is 40.4 Å². The number of halogens is 1. The van der Waals surface area contributed by atoms with Gasteiger partial charge in [0.2, 0.25) is 0 Å². The number of nitrogens with one attached hydrogen (secondary N) is 1. The minimum Gasteiger partial charge on any atom is -0.459 e. The van der Waals surface area contributed by atoms with E-state index in [9.17, 15) is 39.9 Å². The van der Waals surface area contributed by atoms with Crippen LogP contribution in [0.2, 0.25) is 0 Å². The predicted molar refractivity (Wildman–Crippen MR) is 206 cm³/mol.